The number of thioether (sulfide) groups is 1. The molecular weight excluding hydrogens is 370 g/mol. The van der Waals surface area contributed by atoms with Crippen molar-refractivity contribution in [1.82, 2.24) is 24.7 Å². The molecule has 1 aromatic heterocycles. The summed E-state index contributed by atoms with van der Waals surface area (Å²) in [5.74, 6) is 0.947. The van der Waals surface area contributed by atoms with Crippen molar-refractivity contribution in [2.24, 2.45) is 5.92 Å². The fourth-order valence-corrected chi connectivity index (χ4v) is 4.72. The summed E-state index contributed by atoms with van der Waals surface area (Å²) < 4.78 is 0. The molecule has 7 heteroatoms. The average molecular weight is 406 g/mol. The molecule has 2 saturated heterocycles. The first-order valence-electron chi connectivity index (χ1n) is 10.6. The lowest BCUT2D eigenvalue weighted by molar-refractivity contribution is -0.133. The number of amides is 1. The zero-order chi connectivity index (χ0) is 19.9. The molecule has 1 atom stereocenters. The third kappa shape index (κ3) is 6.16. The predicted molar refractivity (Wildman–Crippen MR) is 114 cm³/mol. The Balaban J connectivity index is 1.42. The average Bonchev–Trinajstić information content (AvgIpc) is 2.73. The van der Waals surface area contributed by atoms with Gasteiger partial charge in [0.15, 0.2) is 5.16 Å². The van der Waals surface area contributed by atoms with E-state index in [1.807, 2.05) is 30.6 Å². The molecule has 0 N–H and O–H groups in total. The summed E-state index contributed by atoms with van der Waals surface area (Å²) in [7, 11) is 4.17. The van der Waals surface area contributed by atoms with Crippen LogP contribution in [0, 0.1) is 5.92 Å². The SMILES string of the molecule is CSc1ncc(CN2CCC[C@@H](CCC(=O)N(C)C3CCN(C)CC3)C2)cn1. The molecular formula is C21H35N5OS. The lowest BCUT2D eigenvalue weighted by atomic mass is 9.92. The van der Waals surface area contributed by atoms with Crippen LogP contribution in [0.15, 0.2) is 17.6 Å². The third-order valence-electron chi connectivity index (χ3n) is 6.27. The van der Waals surface area contributed by atoms with Gasteiger partial charge in [0, 0.05) is 50.6 Å². The molecule has 2 fully saturated rings. The molecule has 156 valence electrons. The maximum atomic E-state index is 12.7. The summed E-state index contributed by atoms with van der Waals surface area (Å²) in [5.41, 5.74) is 1.18. The summed E-state index contributed by atoms with van der Waals surface area (Å²) in [6, 6.07) is 0.427. The van der Waals surface area contributed by atoms with Gasteiger partial charge in [-0.2, -0.15) is 0 Å². The van der Waals surface area contributed by atoms with Crippen molar-refractivity contribution in [2.75, 3.05) is 46.5 Å². The number of hydrogen-bond acceptors (Lipinski definition) is 6. The number of piperidine rings is 2. The highest BCUT2D eigenvalue weighted by Crippen LogP contribution is 2.24. The monoisotopic (exact) mass is 405 g/mol. The van der Waals surface area contributed by atoms with Crippen molar-refractivity contribution in [3.63, 3.8) is 0 Å². The Hall–Kier alpha value is -1.18. The van der Waals surface area contributed by atoms with Gasteiger partial charge in [-0.05, 0) is 71.0 Å². The van der Waals surface area contributed by atoms with E-state index in [4.69, 9.17) is 0 Å². The third-order valence-corrected chi connectivity index (χ3v) is 6.85. The summed E-state index contributed by atoms with van der Waals surface area (Å²) in [4.78, 5) is 28.3. The highest BCUT2D eigenvalue weighted by Gasteiger charge is 2.25. The summed E-state index contributed by atoms with van der Waals surface area (Å²) in [6.45, 7) is 5.32. The Labute approximate surface area is 174 Å². The van der Waals surface area contributed by atoms with Crippen molar-refractivity contribution < 1.29 is 4.79 Å². The van der Waals surface area contributed by atoms with E-state index in [9.17, 15) is 4.79 Å². The van der Waals surface area contributed by atoms with Gasteiger partial charge in [-0.1, -0.05) is 11.8 Å². The predicted octanol–water partition coefficient (Wildman–Crippen LogP) is 2.74. The van der Waals surface area contributed by atoms with Gasteiger partial charge in [0.1, 0.15) is 0 Å². The molecule has 0 aromatic carbocycles. The van der Waals surface area contributed by atoms with E-state index in [1.54, 1.807) is 11.8 Å². The maximum Gasteiger partial charge on any atom is 0.222 e. The first-order chi connectivity index (χ1) is 13.5. The second-order valence-corrected chi connectivity index (χ2v) is 9.17. The fourth-order valence-electron chi connectivity index (χ4n) is 4.41. The van der Waals surface area contributed by atoms with Crippen LogP contribution in [-0.4, -0.2) is 83.1 Å². The van der Waals surface area contributed by atoms with Crippen LogP contribution in [0.1, 0.15) is 44.1 Å². The number of nitrogens with zero attached hydrogens (tertiary/aromatic N) is 5. The molecule has 1 aromatic rings. The summed E-state index contributed by atoms with van der Waals surface area (Å²) >= 11 is 1.57. The maximum absolute atomic E-state index is 12.7. The number of hydrogen-bond donors (Lipinski definition) is 0. The van der Waals surface area contributed by atoms with Gasteiger partial charge in [0.2, 0.25) is 5.91 Å². The topological polar surface area (TPSA) is 52.6 Å². The van der Waals surface area contributed by atoms with E-state index in [1.165, 1.54) is 18.4 Å². The van der Waals surface area contributed by atoms with Crippen molar-refractivity contribution >= 4 is 17.7 Å². The van der Waals surface area contributed by atoms with E-state index in [0.29, 0.717) is 24.3 Å². The molecule has 1 amide bonds. The van der Waals surface area contributed by atoms with Crippen LogP contribution >= 0.6 is 11.8 Å². The number of rotatable bonds is 7. The van der Waals surface area contributed by atoms with Gasteiger partial charge >= 0.3 is 0 Å². The molecule has 2 aliphatic rings. The van der Waals surface area contributed by atoms with E-state index in [2.05, 4.69) is 26.8 Å². The van der Waals surface area contributed by atoms with Gasteiger partial charge in [0.05, 0.1) is 0 Å². The largest absolute Gasteiger partial charge is 0.343 e. The fraction of sp³-hybridized carbons (Fsp3) is 0.762. The van der Waals surface area contributed by atoms with E-state index in [0.717, 1.165) is 57.1 Å². The van der Waals surface area contributed by atoms with E-state index >= 15 is 0 Å². The van der Waals surface area contributed by atoms with Crippen LogP contribution in [0.4, 0.5) is 0 Å². The Kier molecular flexibility index (Phi) is 8.11. The highest BCUT2D eigenvalue weighted by molar-refractivity contribution is 7.98. The molecule has 0 saturated carbocycles. The molecule has 0 radical (unpaired) electrons. The van der Waals surface area contributed by atoms with Crippen LogP contribution in [0.25, 0.3) is 0 Å². The Morgan fingerprint density at radius 2 is 1.93 bits per heavy atom. The molecule has 3 rings (SSSR count). The molecule has 0 spiro atoms. The molecule has 0 bridgehead atoms. The molecule has 3 heterocycles. The summed E-state index contributed by atoms with van der Waals surface area (Å²) in [6.07, 6.45) is 12.2. The Morgan fingerprint density at radius 1 is 1.21 bits per heavy atom. The Morgan fingerprint density at radius 3 is 2.61 bits per heavy atom. The van der Waals surface area contributed by atoms with E-state index < -0.39 is 0 Å². The molecule has 6 nitrogen and oxygen atoms in total. The standard InChI is InChI=1S/C21H35N5OS/c1-24-11-8-19(9-12-24)25(2)20(27)7-6-17-5-4-10-26(15-17)16-18-13-22-21(28-3)23-14-18/h13-14,17,19H,4-12,15-16H2,1-3H3/t17-/m0/s1. The van der Waals surface area contributed by atoms with E-state index in [-0.39, 0.29) is 0 Å². The molecule has 0 unspecified atom stereocenters. The molecule has 2 aliphatic heterocycles. The number of carbonyl (C=O) groups is 1. The van der Waals surface area contributed by atoms with Crippen LogP contribution in [0.3, 0.4) is 0 Å². The van der Waals surface area contributed by atoms with Crippen molar-refractivity contribution in [2.45, 2.75) is 56.3 Å². The van der Waals surface area contributed by atoms with Crippen LogP contribution in [-0.2, 0) is 11.3 Å². The van der Waals surface area contributed by atoms with Gasteiger partial charge in [-0.25, -0.2) is 9.97 Å². The zero-order valence-electron chi connectivity index (χ0n) is 17.6. The second kappa shape index (κ2) is 10.6. The smallest absolute Gasteiger partial charge is 0.222 e. The Bertz CT molecular complexity index is 618. The van der Waals surface area contributed by atoms with Gasteiger partial charge in [-0.15, -0.1) is 0 Å². The first kappa shape index (κ1) is 21.5. The minimum absolute atomic E-state index is 0.327. The number of aromatic nitrogens is 2. The first-order valence-corrected chi connectivity index (χ1v) is 11.8. The van der Waals surface area contributed by atoms with Crippen molar-refractivity contribution in [3.05, 3.63) is 18.0 Å². The van der Waals surface area contributed by atoms with Crippen molar-refractivity contribution in [3.8, 4) is 0 Å². The number of likely N-dealkylation sites (tertiary alicyclic amines) is 2. The van der Waals surface area contributed by atoms with Crippen LogP contribution < -0.4 is 0 Å². The highest BCUT2D eigenvalue weighted by atomic mass is 32.2. The van der Waals surface area contributed by atoms with Gasteiger partial charge in [0.25, 0.3) is 0 Å². The summed E-state index contributed by atoms with van der Waals surface area (Å²) in [5, 5.41) is 0.826. The second-order valence-electron chi connectivity index (χ2n) is 8.40. The zero-order valence-corrected chi connectivity index (χ0v) is 18.5. The normalized spacial score (nSPS) is 22.3. The lowest BCUT2D eigenvalue weighted by Crippen LogP contribution is -2.44. The minimum atomic E-state index is 0.327. The van der Waals surface area contributed by atoms with Gasteiger partial charge in [-0.3, -0.25) is 9.69 Å². The molecule has 0 aliphatic carbocycles. The van der Waals surface area contributed by atoms with Gasteiger partial charge < -0.3 is 9.80 Å². The number of carbonyl (C=O) groups excluding carboxylic acids is 1. The van der Waals surface area contributed by atoms with Crippen LogP contribution in [0.5, 0.6) is 0 Å². The lowest BCUT2D eigenvalue weighted by Gasteiger charge is -2.36. The molecule has 28 heavy (non-hydrogen) atoms. The quantitative estimate of drug-likeness (QED) is 0.514. The minimum Gasteiger partial charge on any atom is -0.343 e. The van der Waals surface area contributed by atoms with Crippen LogP contribution in [0.2, 0.25) is 0 Å². The van der Waals surface area contributed by atoms with Crippen molar-refractivity contribution in [1.29, 1.82) is 0 Å².